The monoisotopic (exact) mass is 347 g/mol. The van der Waals surface area contributed by atoms with E-state index in [1.54, 1.807) is 24.3 Å². The van der Waals surface area contributed by atoms with Crippen LogP contribution in [0.4, 0.5) is 4.39 Å². The minimum Gasteiger partial charge on any atom is -0.247 e. The zero-order valence-electron chi connectivity index (χ0n) is 13.9. The van der Waals surface area contributed by atoms with Gasteiger partial charge in [-0.2, -0.15) is 4.31 Å². The summed E-state index contributed by atoms with van der Waals surface area (Å²) in [5.74, 6) is 0. The van der Waals surface area contributed by atoms with E-state index in [-0.39, 0.29) is 24.3 Å². The third kappa shape index (κ3) is 3.23. The molecule has 0 aromatic heterocycles. The van der Waals surface area contributed by atoms with E-state index in [4.69, 9.17) is 0 Å². The number of benzene rings is 2. The fourth-order valence-corrected chi connectivity index (χ4v) is 4.91. The first-order valence-electron chi connectivity index (χ1n) is 8.17. The third-order valence-corrected chi connectivity index (χ3v) is 6.59. The molecule has 0 spiro atoms. The molecule has 3 rings (SSSR count). The molecule has 0 bridgehead atoms. The second kappa shape index (κ2) is 6.65. The Bertz CT molecular complexity index is 818. The van der Waals surface area contributed by atoms with E-state index in [9.17, 15) is 12.8 Å². The van der Waals surface area contributed by atoms with E-state index in [0.29, 0.717) is 0 Å². The number of hydrogen-bond donors (Lipinski definition) is 0. The first-order valence-corrected chi connectivity index (χ1v) is 9.61. The molecular formula is C19H22FNO2S. The van der Waals surface area contributed by atoms with Crippen LogP contribution in [0.1, 0.15) is 35.6 Å². The smallest absolute Gasteiger partial charge is 0.243 e. The van der Waals surface area contributed by atoms with Gasteiger partial charge in [-0.05, 0) is 49.9 Å². The van der Waals surface area contributed by atoms with Gasteiger partial charge in [0.1, 0.15) is 6.17 Å². The van der Waals surface area contributed by atoms with Crippen LogP contribution in [0.15, 0.2) is 53.4 Å². The Kier molecular flexibility index (Phi) is 4.74. The van der Waals surface area contributed by atoms with Crippen molar-refractivity contribution in [3.63, 3.8) is 0 Å². The molecule has 3 nitrogen and oxygen atoms in total. The van der Waals surface area contributed by atoms with Crippen LogP contribution in [0, 0.1) is 13.8 Å². The molecule has 1 heterocycles. The standard InChI is InChI=1S/C19H22FNO2S/c1-14-7-9-17(10-8-14)24(22,23)21-12-11-16(20)13-19(21)18-6-4-3-5-15(18)2/h3-10,16,19H,11-13H2,1-2H3/t16-,19+/m0/s1. The van der Waals surface area contributed by atoms with Crippen LogP contribution in [0.2, 0.25) is 0 Å². The molecule has 2 aromatic carbocycles. The molecule has 1 aliphatic rings. The zero-order valence-corrected chi connectivity index (χ0v) is 14.8. The second-order valence-corrected chi connectivity index (χ2v) is 8.31. The summed E-state index contributed by atoms with van der Waals surface area (Å²) >= 11 is 0. The molecule has 0 saturated carbocycles. The fourth-order valence-electron chi connectivity index (χ4n) is 3.28. The Hall–Kier alpha value is -1.72. The highest BCUT2D eigenvalue weighted by Gasteiger charge is 2.38. The summed E-state index contributed by atoms with van der Waals surface area (Å²) in [6.45, 7) is 4.06. The van der Waals surface area contributed by atoms with Gasteiger partial charge in [-0.3, -0.25) is 0 Å². The highest BCUT2D eigenvalue weighted by molar-refractivity contribution is 7.89. The van der Waals surface area contributed by atoms with E-state index in [2.05, 4.69) is 0 Å². The van der Waals surface area contributed by atoms with E-state index in [1.807, 2.05) is 38.1 Å². The lowest BCUT2D eigenvalue weighted by Crippen LogP contribution is -2.41. The van der Waals surface area contributed by atoms with E-state index in [1.165, 1.54) is 4.31 Å². The normalized spacial score (nSPS) is 22.5. The van der Waals surface area contributed by atoms with Gasteiger partial charge < -0.3 is 0 Å². The maximum atomic E-state index is 14.0. The summed E-state index contributed by atoms with van der Waals surface area (Å²) in [6.07, 6.45) is -0.525. The Morgan fingerprint density at radius 2 is 1.71 bits per heavy atom. The molecule has 0 unspecified atom stereocenters. The molecule has 0 N–H and O–H groups in total. The van der Waals surface area contributed by atoms with Gasteiger partial charge in [0, 0.05) is 6.54 Å². The van der Waals surface area contributed by atoms with Crippen LogP contribution in [0.25, 0.3) is 0 Å². The van der Waals surface area contributed by atoms with Crippen molar-refractivity contribution < 1.29 is 12.8 Å². The second-order valence-electron chi connectivity index (χ2n) is 6.42. The predicted octanol–water partition coefficient (Wildman–Crippen LogP) is 4.17. The summed E-state index contributed by atoms with van der Waals surface area (Å²) in [7, 11) is -3.65. The van der Waals surface area contributed by atoms with Crippen LogP contribution in [-0.2, 0) is 10.0 Å². The van der Waals surface area contributed by atoms with Crippen molar-refractivity contribution >= 4 is 10.0 Å². The number of sulfonamides is 1. The van der Waals surface area contributed by atoms with Crippen molar-refractivity contribution in [1.29, 1.82) is 0 Å². The van der Waals surface area contributed by atoms with Gasteiger partial charge in [0.05, 0.1) is 10.9 Å². The molecule has 5 heteroatoms. The van der Waals surface area contributed by atoms with Gasteiger partial charge in [-0.25, -0.2) is 12.8 Å². The van der Waals surface area contributed by atoms with E-state index >= 15 is 0 Å². The summed E-state index contributed by atoms with van der Waals surface area (Å²) in [5.41, 5.74) is 2.88. The Labute approximate surface area is 143 Å². The molecule has 1 aliphatic heterocycles. The quantitative estimate of drug-likeness (QED) is 0.836. The predicted molar refractivity (Wildman–Crippen MR) is 93.1 cm³/mol. The molecule has 1 fully saturated rings. The number of alkyl halides is 1. The Morgan fingerprint density at radius 1 is 1.04 bits per heavy atom. The van der Waals surface area contributed by atoms with Crippen LogP contribution in [0.3, 0.4) is 0 Å². The molecule has 128 valence electrons. The lowest BCUT2D eigenvalue weighted by molar-refractivity contribution is 0.156. The molecule has 0 radical (unpaired) electrons. The number of aryl methyl sites for hydroxylation is 2. The molecule has 1 saturated heterocycles. The van der Waals surface area contributed by atoms with Gasteiger partial charge >= 0.3 is 0 Å². The summed E-state index contributed by atoms with van der Waals surface area (Å²) in [5, 5.41) is 0. The van der Waals surface area contributed by atoms with Gasteiger partial charge in [0.2, 0.25) is 10.0 Å². The minimum atomic E-state index is -3.65. The fraction of sp³-hybridized carbons (Fsp3) is 0.368. The number of piperidine rings is 1. The highest BCUT2D eigenvalue weighted by Crippen LogP contribution is 2.37. The van der Waals surface area contributed by atoms with Gasteiger partial charge in [0.25, 0.3) is 0 Å². The van der Waals surface area contributed by atoms with Crippen LogP contribution in [0.5, 0.6) is 0 Å². The summed E-state index contributed by atoms with van der Waals surface area (Å²) in [4.78, 5) is 0.268. The first kappa shape index (κ1) is 17.1. The first-order chi connectivity index (χ1) is 11.4. The molecular weight excluding hydrogens is 325 g/mol. The minimum absolute atomic E-state index is 0.204. The van der Waals surface area contributed by atoms with Gasteiger partial charge in [-0.1, -0.05) is 42.0 Å². The number of halogens is 1. The molecule has 2 atom stereocenters. The van der Waals surface area contributed by atoms with Crippen molar-refractivity contribution in [3.05, 3.63) is 65.2 Å². The molecule has 0 aliphatic carbocycles. The molecule has 24 heavy (non-hydrogen) atoms. The number of rotatable bonds is 3. The van der Waals surface area contributed by atoms with Crippen molar-refractivity contribution in [2.45, 2.75) is 43.8 Å². The maximum Gasteiger partial charge on any atom is 0.243 e. The zero-order chi connectivity index (χ0) is 17.3. The van der Waals surface area contributed by atoms with E-state index < -0.39 is 22.2 Å². The number of nitrogens with zero attached hydrogens (tertiary/aromatic N) is 1. The lowest BCUT2D eigenvalue weighted by atomic mass is 9.93. The van der Waals surface area contributed by atoms with Gasteiger partial charge in [0.15, 0.2) is 0 Å². The Balaban J connectivity index is 2.03. The number of hydrogen-bond acceptors (Lipinski definition) is 2. The van der Waals surface area contributed by atoms with E-state index in [0.717, 1.165) is 16.7 Å². The van der Waals surface area contributed by atoms with Crippen molar-refractivity contribution in [1.82, 2.24) is 4.31 Å². The maximum absolute atomic E-state index is 14.0. The molecule has 0 amide bonds. The lowest BCUT2D eigenvalue weighted by Gasteiger charge is -2.37. The van der Waals surface area contributed by atoms with Crippen LogP contribution >= 0.6 is 0 Å². The van der Waals surface area contributed by atoms with Crippen molar-refractivity contribution in [3.8, 4) is 0 Å². The third-order valence-electron chi connectivity index (χ3n) is 4.66. The summed E-state index contributed by atoms with van der Waals surface area (Å²) in [6, 6.07) is 14.0. The summed E-state index contributed by atoms with van der Waals surface area (Å²) < 4.78 is 41.7. The van der Waals surface area contributed by atoms with Crippen molar-refractivity contribution in [2.75, 3.05) is 6.54 Å². The Morgan fingerprint density at radius 3 is 2.38 bits per heavy atom. The van der Waals surface area contributed by atoms with Crippen LogP contribution < -0.4 is 0 Å². The highest BCUT2D eigenvalue weighted by atomic mass is 32.2. The SMILES string of the molecule is Cc1ccc(S(=O)(=O)N2CC[C@H](F)C[C@@H]2c2ccccc2C)cc1. The largest absolute Gasteiger partial charge is 0.247 e. The average molecular weight is 347 g/mol. The van der Waals surface area contributed by atoms with Gasteiger partial charge in [-0.15, -0.1) is 0 Å². The molecule has 2 aromatic rings. The topological polar surface area (TPSA) is 37.4 Å². The van der Waals surface area contributed by atoms with Crippen molar-refractivity contribution in [2.24, 2.45) is 0 Å². The van der Waals surface area contributed by atoms with Crippen LogP contribution in [-0.4, -0.2) is 25.4 Å². The average Bonchev–Trinajstić information content (AvgIpc) is 2.55.